The number of phenolic OH excluding ortho intramolecular Hbond substituents is 1. The van der Waals surface area contributed by atoms with E-state index in [1.807, 2.05) is 24.4 Å². The van der Waals surface area contributed by atoms with E-state index in [1.165, 1.54) is 0 Å². The molecule has 0 spiro atoms. The molecule has 0 saturated heterocycles. The first-order chi connectivity index (χ1) is 10.3. The van der Waals surface area contributed by atoms with Gasteiger partial charge in [0.15, 0.2) is 0 Å². The zero-order valence-corrected chi connectivity index (χ0v) is 11.7. The molecule has 0 aliphatic carbocycles. The van der Waals surface area contributed by atoms with Crippen LogP contribution in [-0.2, 0) is 12.8 Å². The molecule has 0 unspecified atom stereocenters. The van der Waals surface area contributed by atoms with E-state index >= 15 is 0 Å². The van der Waals surface area contributed by atoms with Crippen molar-refractivity contribution in [3.05, 3.63) is 59.7 Å². The van der Waals surface area contributed by atoms with Gasteiger partial charge >= 0.3 is 0 Å². The Hall–Kier alpha value is -2.69. The molecule has 1 N–H and O–H groups in total. The van der Waals surface area contributed by atoms with E-state index in [4.69, 9.17) is 4.52 Å². The van der Waals surface area contributed by atoms with Gasteiger partial charge in [0.1, 0.15) is 5.75 Å². The summed E-state index contributed by atoms with van der Waals surface area (Å²) < 4.78 is 5.31. The number of phenols is 1. The molecule has 0 radical (unpaired) electrons. The van der Waals surface area contributed by atoms with Crippen LogP contribution >= 0.6 is 0 Å². The Labute approximate surface area is 122 Å². The van der Waals surface area contributed by atoms with Gasteiger partial charge in [0.25, 0.3) is 0 Å². The van der Waals surface area contributed by atoms with Crippen molar-refractivity contribution in [3.8, 4) is 17.1 Å². The molecule has 5 heteroatoms. The molecular weight excluding hydrogens is 266 g/mol. The van der Waals surface area contributed by atoms with Crippen molar-refractivity contribution in [1.29, 1.82) is 0 Å². The summed E-state index contributed by atoms with van der Waals surface area (Å²) in [6, 6.07) is 8.86. The Morgan fingerprint density at radius 3 is 2.71 bits per heavy atom. The van der Waals surface area contributed by atoms with Crippen LogP contribution in [0.15, 0.2) is 47.2 Å². The predicted octanol–water partition coefficient (Wildman–Crippen LogP) is 2.99. The molecule has 3 aromatic rings. The summed E-state index contributed by atoms with van der Waals surface area (Å²) in [7, 11) is 0. The van der Waals surface area contributed by atoms with Crippen molar-refractivity contribution in [2.24, 2.45) is 0 Å². The first-order valence-electron chi connectivity index (χ1n) is 6.80. The van der Waals surface area contributed by atoms with Crippen molar-refractivity contribution in [2.45, 2.75) is 19.8 Å². The van der Waals surface area contributed by atoms with Crippen LogP contribution in [0.1, 0.15) is 23.9 Å². The van der Waals surface area contributed by atoms with Crippen LogP contribution in [0, 0.1) is 0 Å². The van der Waals surface area contributed by atoms with Crippen LogP contribution in [0.5, 0.6) is 5.75 Å². The van der Waals surface area contributed by atoms with Crippen molar-refractivity contribution in [3.63, 3.8) is 0 Å². The monoisotopic (exact) mass is 281 g/mol. The van der Waals surface area contributed by atoms with Gasteiger partial charge in [-0.05, 0) is 35.7 Å². The van der Waals surface area contributed by atoms with E-state index in [-0.39, 0.29) is 5.75 Å². The van der Waals surface area contributed by atoms with Crippen molar-refractivity contribution >= 4 is 0 Å². The largest absolute Gasteiger partial charge is 0.508 e. The average molecular weight is 281 g/mol. The maximum atomic E-state index is 9.28. The predicted molar refractivity (Wildman–Crippen MR) is 77.8 cm³/mol. The number of aromatic nitrogens is 3. The third-order valence-corrected chi connectivity index (χ3v) is 3.29. The quantitative estimate of drug-likeness (QED) is 0.796. The lowest BCUT2D eigenvalue weighted by molar-refractivity contribution is 0.385. The summed E-state index contributed by atoms with van der Waals surface area (Å²) in [5.41, 5.74) is 3.05. The van der Waals surface area contributed by atoms with Gasteiger partial charge in [0.05, 0.1) is 6.42 Å². The third kappa shape index (κ3) is 2.91. The molecule has 106 valence electrons. The summed E-state index contributed by atoms with van der Waals surface area (Å²) >= 11 is 0. The van der Waals surface area contributed by atoms with E-state index in [0.29, 0.717) is 18.1 Å². The van der Waals surface area contributed by atoms with Gasteiger partial charge in [-0.3, -0.25) is 4.98 Å². The minimum Gasteiger partial charge on any atom is -0.508 e. The highest BCUT2D eigenvalue weighted by atomic mass is 16.5. The van der Waals surface area contributed by atoms with E-state index in [2.05, 4.69) is 22.0 Å². The molecule has 1 aromatic carbocycles. The molecule has 0 atom stereocenters. The molecule has 2 aromatic heterocycles. The molecular formula is C16H15N3O2. The summed E-state index contributed by atoms with van der Waals surface area (Å²) in [5, 5.41) is 13.3. The van der Waals surface area contributed by atoms with Crippen LogP contribution in [0.3, 0.4) is 0 Å². The molecule has 21 heavy (non-hydrogen) atoms. The average Bonchev–Trinajstić information content (AvgIpc) is 2.98. The molecule has 0 saturated carbocycles. The molecule has 2 heterocycles. The molecule has 0 amide bonds. The normalized spacial score (nSPS) is 10.7. The summed E-state index contributed by atoms with van der Waals surface area (Å²) in [6.07, 6.45) is 4.96. The molecule has 3 rings (SSSR count). The SMILES string of the molecule is CCc1cnccc1-c1noc(Cc2ccc(O)cc2)n1. The molecule has 0 bridgehead atoms. The van der Waals surface area contributed by atoms with Crippen molar-refractivity contribution in [1.82, 2.24) is 15.1 Å². The van der Waals surface area contributed by atoms with Gasteiger partial charge in [-0.2, -0.15) is 4.98 Å². The van der Waals surface area contributed by atoms with E-state index in [1.54, 1.807) is 18.3 Å². The minimum atomic E-state index is 0.245. The number of hydrogen-bond donors (Lipinski definition) is 1. The highest BCUT2D eigenvalue weighted by Gasteiger charge is 2.12. The van der Waals surface area contributed by atoms with Gasteiger partial charge in [-0.15, -0.1) is 0 Å². The van der Waals surface area contributed by atoms with Crippen molar-refractivity contribution < 1.29 is 9.63 Å². The van der Waals surface area contributed by atoms with E-state index < -0.39 is 0 Å². The van der Waals surface area contributed by atoms with Crippen LogP contribution in [0.4, 0.5) is 0 Å². The Morgan fingerprint density at radius 1 is 1.14 bits per heavy atom. The maximum absolute atomic E-state index is 9.28. The summed E-state index contributed by atoms with van der Waals surface area (Å²) in [4.78, 5) is 8.55. The second-order valence-corrected chi connectivity index (χ2v) is 4.74. The lowest BCUT2D eigenvalue weighted by Crippen LogP contribution is -1.91. The number of aromatic hydroxyl groups is 1. The zero-order valence-electron chi connectivity index (χ0n) is 11.7. The van der Waals surface area contributed by atoms with Crippen LogP contribution < -0.4 is 0 Å². The van der Waals surface area contributed by atoms with Crippen LogP contribution in [0.2, 0.25) is 0 Å². The third-order valence-electron chi connectivity index (χ3n) is 3.29. The molecule has 5 nitrogen and oxygen atoms in total. The van der Waals surface area contributed by atoms with Crippen LogP contribution in [-0.4, -0.2) is 20.2 Å². The molecule has 0 aliphatic rings. The number of pyridine rings is 1. The molecule has 0 aliphatic heterocycles. The van der Waals surface area contributed by atoms with Gasteiger partial charge in [-0.1, -0.05) is 24.2 Å². The Bertz CT molecular complexity index is 735. The standard InChI is InChI=1S/C16H15N3O2/c1-2-12-10-17-8-7-14(12)16-18-15(21-19-16)9-11-3-5-13(20)6-4-11/h3-8,10,20H,2,9H2,1H3. The number of nitrogens with zero attached hydrogens (tertiary/aromatic N) is 3. The zero-order chi connectivity index (χ0) is 14.7. The Balaban J connectivity index is 1.84. The van der Waals surface area contributed by atoms with Gasteiger partial charge in [0, 0.05) is 18.0 Å². The number of aryl methyl sites for hydroxylation is 1. The highest BCUT2D eigenvalue weighted by molar-refractivity contribution is 5.58. The fourth-order valence-corrected chi connectivity index (χ4v) is 2.15. The number of rotatable bonds is 4. The fourth-order valence-electron chi connectivity index (χ4n) is 2.15. The first kappa shape index (κ1) is 13.3. The van der Waals surface area contributed by atoms with E-state index in [9.17, 15) is 5.11 Å². The maximum Gasteiger partial charge on any atom is 0.231 e. The summed E-state index contributed by atoms with van der Waals surface area (Å²) in [5.74, 6) is 1.38. The second kappa shape index (κ2) is 5.75. The minimum absolute atomic E-state index is 0.245. The van der Waals surface area contributed by atoms with Gasteiger partial charge < -0.3 is 9.63 Å². The molecule has 0 fully saturated rings. The summed E-state index contributed by atoms with van der Waals surface area (Å²) in [6.45, 7) is 2.07. The number of benzene rings is 1. The van der Waals surface area contributed by atoms with Crippen LogP contribution in [0.25, 0.3) is 11.4 Å². The fraction of sp³-hybridized carbons (Fsp3) is 0.188. The Kier molecular flexibility index (Phi) is 3.64. The highest BCUT2D eigenvalue weighted by Crippen LogP contribution is 2.21. The Morgan fingerprint density at radius 2 is 1.95 bits per heavy atom. The lowest BCUT2D eigenvalue weighted by Gasteiger charge is -2.01. The van der Waals surface area contributed by atoms with Crippen molar-refractivity contribution in [2.75, 3.05) is 0 Å². The second-order valence-electron chi connectivity index (χ2n) is 4.74. The van der Waals surface area contributed by atoms with Gasteiger partial charge in [0.2, 0.25) is 11.7 Å². The first-order valence-corrected chi connectivity index (χ1v) is 6.80. The van der Waals surface area contributed by atoms with Gasteiger partial charge in [-0.25, -0.2) is 0 Å². The topological polar surface area (TPSA) is 72.0 Å². The smallest absolute Gasteiger partial charge is 0.231 e. The number of hydrogen-bond acceptors (Lipinski definition) is 5. The van der Waals surface area contributed by atoms with E-state index in [0.717, 1.165) is 23.1 Å². The lowest BCUT2D eigenvalue weighted by atomic mass is 10.1.